The molecule has 0 amide bonds. The molecule has 0 aliphatic carbocycles. The molecule has 6 nitrogen and oxygen atoms in total. The minimum atomic E-state index is -0.683. The fraction of sp³-hybridized carbons (Fsp3) is 0.105. The number of rotatable bonds is 2. The lowest BCUT2D eigenvalue weighted by Gasteiger charge is -2.00. The molecule has 0 aliphatic rings. The number of ether oxygens (including phenoxy) is 1. The maximum atomic E-state index is 12.3. The summed E-state index contributed by atoms with van der Waals surface area (Å²) in [7, 11) is 0. The molecular formula is C19H13NO5. The van der Waals surface area contributed by atoms with Gasteiger partial charge in [0.05, 0.1) is 17.6 Å². The zero-order valence-corrected chi connectivity index (χ0v) is 13.3. The van der Waals surface area contributed by atoms with Gasteiger partial charge in [0.25, 0.3) is 0 Å². The highest BCUT2D eigenvalue weighted by Crippen LogP contribution is 2.39. The Kier molecular flexibility index (Phi) is 3.21. The van der Waals surface area contributed by atoms with Crippen LogP contribution in [0.2, 0.25) is 0 Å². The predicted octanol–water partition coefficient (Wildman–Crippen LogP) is 2.29. The summed E-state index contributed by atoms with van der Waals surface area (Å²) >= 11 is 0. The van der Waals surface area contributed by atoms with Crippen molar-refractivity contribution < 1.29 is 14.6 Å². The van der Waals surface area contributed by atoms with E-state index in [1.54, 1.807) is 31.2 Å². The Morgan fingerprint density at radius 1 is 1.04 bits per heavy atom. The number of carbonyl (C=O) groups is 1. The number of hydrogen-bond acceptors (Lipinski definition) is 5. The first-order chi connectivity index (χ1) is 12.0. The first-order valence-electron chi connectivity index (χ1n) is 7.77. The number of aromatic hydroxyl groups is 1. The number of nitrogens with zero attached hydrogens (tertiary/aromatic N) is 1. The second kappa shape index (κ2) is 5.31. The number of aromatic nitrogens is 1. The quantitative estimate of drug-likeness (QED) is 0.449. The molecule has 2 heterocycles. The third-order valence-electron chi connectivity index (χ3n) is 4.27. The molecule has 6 heteroatoms. The van der Waals surface area contributed by atoms with Gasteiger partial charge >= 0.3 is 5.97 Å². The molecule has 25 heavy (non-hydrogen) atoms. The van der Waals surface area contributed by atoms with Gasteiger partial charge in [-0.1, -0.05) is 24.3 Å². The largest absolute Gasteiger partial charge is 0.494 e. The van der Waals surface area contributed by atoms with E-state index >= 15 is 0 Å². The average Bonchev–Trinajstić information content (AvgIpc) is 2.84. The molecule has 2 aromatic heterocycles. The Bertz CT molecular complexity index is 1270. The van der Waals surface area contributed by atoms with Crippen LogP contribution in [0.4, 0.5) is 0 Å². The van der Waals surface area contributed by atoms with Crippen molar-refractivity contribution in [3.8, 4) is 5.88 Å². The van der Waals surface area contributed by atoms with E-state index in [1.165, 1.54) is 16.5 Å². The van der Waals surface area contributed by atoms with Gasteiger partial charge in [0, 0.05) is 22.2 Å². The molecule has 2 aromatic carbocycles. The summed E-state index contributed by atoms with van der Waals surface area (Å²) < 4.78 is 6.47. The van der Waals surface area contributed by atoms with E-state index in [9.17, 15) is 19.5 Å². The van der Waals surface area contributed by atoms with E-state index in [1.807, 2.05) is 6.07 Å². The molecule has 0 spiro atoms. The first-order valence-corrected chi connectivity index (χ1v) is 7.77. The summed E-state index contributed by atoms with van der Waals surface area (Å²) in [5.74, 6) is -0.950. The topological polar surface area (TPSA) is 85.1 Å². The maximum absolute atomic E-state index is 12.3. The highest BCUT2D eigenvalue weighted by Gasteiger charge is 2.25. The van der Waals surface area contributed by atoms with Crippen LogP contribution in [-0.2, 0) is 4.74 Å². The van der Waals surface area contributed by atoms with Gasteiger partial charge in [0.1, 0.15) is 5.56 Å². The molecule has 1 N–H and O–H groups in total. The van der Waals surface area contributed by atoms with E-state index in [4.69, 9.17) is 4.74 Å². The van der Waals surface area contributed by atoms with Crippen molar-refractivity contribution in [2.45, 2.75) is 6.92 Å². The van der Waals surface area contributed by atoms with Gasteiger partial charge < -0.3 is 9.84 Å². The van der Waals surface area contributed by atoms with E-state index < -0.39 is 16.8 Å². The normalized spacial score (nSPS) is 11.4. The van der Waals surface area contributed by atoms with Crippen molar-refractivity contribution in [1.82, 2.24) is 4.40 Å². The van der Waals surface area contributed by atoms with Gasteiger partial charge in [-0.2, -0.15) is 0 Å². The van der Waals surface area contributed by atoms with Crippen LogP contribution < -0.4 is 10.9 Å². The van der Waals surface area contributed by atoms with Gasteiger partial charge in [0.15, 0.2) is 0 Å². The first kappa shape index (κ1) is 15.1. The highest BCUT2D eigenvalue weighted by atomic mass is 16.5. The summed E-state index contributed by atoms with van der Waals surface area (Å²) in [6.45, 7) is 1.85. The SMILES string of the molecule is CCOC(=O)c1c(O)n2c3cc(=O)c(=O)ccc3c3ccccc1c32. The summed E-state index contributed by atoms with van der Waals surface area (Å²) in [6, 6.07) is 11.0. The molecular weight excluding hydrogens is 322 g/mol. The molecule has 0 aliphatic heterocycles. The second-order valence-electron chi connectivity index (χ2n) is 5.65. The third-order valence-corrected chi connectivity index (χ3v) is 4.27. The molecule has 0 unspecified atom stereocenters. The Morgan fingerprint density at radius 2 is 1.76 bits per heavy atom. The second-order valence-corrected chi connectivity index (χ2v) is 5.65. The molecule has 0 bridgehead atoms. The number of hydrogen-bond donors (Lipinski definition) is 1. The Morgan fingerprint density at radius 3 is 2.48 bits per heavy atom. The van der Waals surface area contributed by atoms with Crippen molar-refractivity contribution in [3.05, 3.63) is 68.5 Å². The lowest BCUT2D eigenvalue weighted by Crippen LogP contribution is -2.18. The Labute approximate surface area is 140 Å². The number of esters is 1. The van der Waals surface area contributed by atoms with E-state index in [2.05, 4.69) is 0 Å². The smallest absolute Gasteiger partial charge is 0.344 e. The van der Waals surface area contributed by atoms with Crippen LogP contribution in [0.15, 0.2) is 52.1 Å². The lowest BCUT2D eigenvalue weighted by atomic mass is 10.1. The molecule has 0 radical (unpaired) electrons. The highest BCUT2D eigenvalue weighted by molar-refractivity contribution is 6.19. The van der Waals surface area contributed by atoms with Crippen LogP contribution in [0.1, 0.15) is 17.3 Å². The van der Waals surface area contributed by atoms with Crippen molar-refractivity contribution in [2.75, 3.05) is 6.61 Å². The minimum absolute atomic E-state index is 0.0428. The van der Waals surface area contributed by atoms with Crippen LogP contribution in [-0.4, -0.2) is 22.1 Å². The molecule has 0 fully saturated rings. The van der Waals surface area contributed by atoms with E-state index in [0.717, 1.165) is 5.39 Å². The zero-order valence-electron chi connectivity index (χ0n) is 13.3. The molecule has 0 saturated carbocycles. The number of carbonyl (C=O) groups excluding carboxylic acids is 1. The summed E-state index contributed by atoms with van der Waals surface area (Å²) in [5.41, 5.74) is -0.312. The minimum Gasteiger partial charge on any atom is -0.494 e. The molecule has 0 atom stereocenters. The molecule has 0 saturated heterocycles. The van der Waals surface area contributed by atoms with Gasteiger partial charge in [-0.15, -0.1) is 0 Å². The van der Waals surface area contributed by atoms with Crippen LogP contribution >= 0.6 is 0 Å². The predicted molar refractivity (Wildman–Crippen MR) is 93.8 cm³/mol. The summed E-state index contributed by atoms with van der Waals surface area (Å²) in [6.07, 6.45) is 0. The molecule has 4 rings (SSSR count). The Hall–Kier alpha value is -3.41. The van der Waals surface area contributed by atoms with Crippen molar-refractivity contribution in [2.24, 2.45) is 0 Å². The van der Waals surface area contributed by atoms with Crippen molar-refractivity contribution in [1.29, 1.82) is 0 Å². The van der Waals surface area contributed by atoms with Gasteiger partial charge in [-0.25, -0.2) is 4.79 Å². The van der Waals surface area contributed by atoms with Crippen LogP contribution in [0.3, 0.4) is 0 Å². The van der Waals surface area contributed by atoms with E-state index in [0.29, 0.717) is 21.8 Å². The van der Waals surface area contributed by atoms with E-state index in [-0.39, 0.29) is 18.1 Å². The third kappa shape index (κ3) is 2.00. The van der Waals surface area contributed by atoms with Gasteiger partial charge in [0.2, 0.25) is 16.7 Å². The maximum Gasteiger partial charge on any atom is 0.344 e. The fourth-order valence-electron chi connectivity index (χ4n) is 3.26. The summed E-state index contributed by atoms with van der Waals surface area (Å²) in [5, 5.41) is 12.6. The summed E-state index contributed by atoms with van der Waals surface area (Å²) in [4.78, 5) is 36.0. The zero-order chi connectivity index (χ0) is 17.7. The average molecular weight is 335 g/mol. The monoisotopic (exact) mass is 335 g/mol. The lowest BCUT2D eigenvalue weighted by molar-refractivity contribution is 0.0525. The van der Waals surface area contributed by atoms with Gasteiger partial charge in [-0.05, 0) is 19.1 Å². The van der Waals surface area contributed by atoms with Gasteiger partial charge in [-0.3, -0.25) is 14.0 Å². The standard InChI is InChI=1S/C19H13NO5/c1-2-25-19(24)16-12-6-4-3-5-11-10-7-8-14(21)15(22)9-13(10)20(17(11)12)18(16)23/h3-9,23H,2H2,1H3. The number of fused-ring (bicyclic) bond motifs is 3. The molecule has 124 valence electrons. The van der Waals surface area contributed by atoms with Crippen LogP contribution in [0, 0.1) is 0 Å². The fourth-order valence-corrected chi connectivity index (χ4v) is 3.26. The van der Waals surface area contributed by atoms with Crippen molar-refractivity contribution >= 4 is 33.2 Å². The molecule has 4 aromatic rings. The van der Waals surface area contributed by atoms with Crippen LogP contribution in [0.5, 0.6) is 5.88 Å². The Balaban J connectivity index is 2.33. The van der Waals surface area contributed by atoms with Crippen LogP contribution in [0.25, 0.3) is 27.2 Å². The van der Waals surface area contributed by atoms with Crippen molar-refractivity contribution in [3.63, 3.8) is 0 Å².